The van der Waals surface area contributed by atoms with Crippen LogP contribution in [0.3, 0.4) is 0 Å². The number of nitrogens with one attached hydrogen (secondary N) is 2. The van der Waals surface area contributed by atoms with Crippen LogP contribution in [0, 0.1) is 6.92 Å². The minimum atomic E-state index is -0.313. The molecule has 1 aromatic carbocycles. The molecule has 10 nitrogen and oxygen atoms in total. The Balaban J connectivity index is 1.11. The topological polar surface area (TPSA) is 111 Å². The average Bonchev–Trinajstić information content (AvgIpc) is 3.51. The molecule has 0 radical (unpaired) electrons. The van der Waals surface area contributed by atoms with Crippen molar-refractivity contribution < 1.29 is 19.0 Å². The summed E-state index contributed by atoms with van der Waals surface area (Å²) in [6, 6.07) is 8.36. The summed E-state index contributed by atoms with van der Waals surface area (Å²) in [6.07, 6.45) is 4.95. The van der Waals surface area contributed by atoms with Crippen molar-refractivity contribution in [1.29, 1.82) is 0 Å². The molecule has 2 aliphatic heterocycles. The van der Waals surface area contributed by atoms with Gasteiger partial charge in [-0.1, -0.05) is 6.07 Å². The summed E-state index contributed by atoms with van der Waals surface area (Å²) >= 11 is 0. The Morgan fingerprint density at radius 3 is 2.84 bits per heavy atom. The molecule has 6 rings (SSSR count). The van der Waals surface area contributed by atoms with Crippen LogP contribution in [0.1, 0.15) is 31.4 Å². The normalized spacial score (nSPS) is 23.2. The van der Waals surface area contributed by atoms with Crippen molar-refractivity contribution in [2.24, 2.45) is 0 Å². The van der Waals surface area contributed by atoms with Crippen molar-refractivity contribution in [3.63, 3.8) is 0 Å². The average molecular weight is 505 g/mol. The standard InChI is InChI=1S/C27H32N6O4/c1-16-22-13-17(21-7-9-28-25-24(21)35-11-12-36-25)3-6-23(22)32-26(29-16)30-18-4-5-19(14-18)31-27(34)37-20-8-10-33(2)15-20/h3,6-7,9,13,18-20H,4-5,8,10-12,14-15H2,1-2H3,(H,31,34)(H,29,30,32)/t18-,19+,20-/m1/s1. The first-order chi connectivity index (χ1) is 18.0. The van der Waals surface area contributed by atoms with E-state index in [1.807, 2.05) is 32.2 Å². The van der Waals surface area contributed by atoms with Crippen molar-refractivity contribution in [1.82, 2.24) is 25.2 Å². The predicted octanol–water partition coefficient (Wildman–Crippen LogP) is 3.53. The van der Waals surface area contributed by atoms with E-state index in [1.165, 1.54) is 0 Å². The van der Waals surface area contributed by atoms with Crippen molar-refractivity contribution in [3.8, 4) is 22.8 Å². The molecule has 3 atom stereocenters. The fourth-order valence-corrected chi connectivity index (χ4v) is 5.46. The van der Waals surface area contributed by atoms with Gasteiger partial charge in [0, 0.05) is 42.3 Å². The van der Waals surface area contributed by atoms with Crippen molar-refractivity contribution in [2.75, 3.05) is 38.7 Å². The van der Waals surface area contributed by atoms with E-state index in [2.05, 4.69) is 26.6 Å². The summed E-state index contributed by atoms with van der Waals surface area (Å²) in [5, 5.41) is 7.50. The SMILES string of the molecule is Cc1nc(N[C@@H]2CC[C@H](NC(=O)O[C@@H]3CCN(C)C3)C2)nc2ccc(-c3ccnc4c3OCCO4)cc12. The lowest BCUT2D eigenvalue weighted by Gasteiger charge is -2.20. The smallest absolute Gasteiger partial charge is 0.407 e. The number of alkyl carbamates (subject to hydrolysis) is 1. The fourth-order valence-electron chi connectivity index (χ4n) is 5.46. The van der Waals surface area contributed by atoms with Gasteiger partial charge < -0.3 is 29.7 Å². The van der Waals surface area contributed by atoms with Crippen LogP contribution in [-0.4, -0.2) is 77.5 Å². The number of carbonyl (C=O) groups excluding carboxylic acids is 1. The second-order valence-electron chi connectivity index (χ2n) is 10.1. The number of aryl methyl sites for hydroxylation is 1. The largest absolute Gasteiger partial charge is 0.484 e. The monoisotopic (exact) mass is 504 g/mol. The second kappa shape index (κ2) is 10.0. The van der Waals surface area contributed by atoms with E-state index in [1.54, 1.807) is 6.20 Å². The maximum atomic E-state index is 12.3. The predicted molar refractivity (Wildman–Crippen MR) is 139 cm³/mol. The maximum Gasteiger partial charge on any atom is 0.407 e. The Bertz CT molecular complexity index is 1320. The summed E-state index contributed by atoms with van der Waals surface area (Å²) in [7, 11) is 2.04. The number of likely N-dealkylation sites (tertiary alicyclic amines) is 1. The number of benzene rings is 1. The van der Waals surface area contributed by atoms with Gasteiger partial charge in [-0.05, 0) is 63.4 Å². The summed E-state index contributed by atoms with van der Waals surface area (Å²) < 4.78 is 17.1. The minimum absolute atomic E-state index is 0.0142. The highest BCUT2D eigenvalue weighted by Gasteiger charge is 2.29. The maximum absolute atomic E-state index is 12.3. The third-order valence-corrected chi connectivity index (χ3v) is 7.35. The molecule has 37 heavy (non-hydrogen) atoms. The molecule has 4 heterocycles. The van der Waals surface area contributed by atoms with Gasteiger partial charge in [0.15, 0.2) is 5.75 Å². The Morgan fingerprint density at radius 2 is 1.97 bits per heavy atom. The molecule has 2 aromatic heterocycles. The van der Waals surface area contributed by atoms with Gasteiger partial charge in [0.2, 0.25) is 5.95 Å². The van der Waals surface area contributed by atoms with Gasteiger partial charge in [-0.15, -0.1) is 0 Å². The molecular weight excluding hydrogens is 472 g/mol. The van der Waals surface area contributed by atoms with Gasteiger partial charge >= 0.3 is 6.09 Å². The van der Waals surface area contributed by atoms with E-state index >= 15 is 0 Å². The van der Waals surface area contributed by atoms with E-state index in [-0.39, 0.29) is 24.3 Å². The van der Waals surface area contributed by atoms with E-state index in [0.29, 0.717) is 30.8 Å². The Labute approximate surface area is 215 Å². The molecule has 1 saturated heterocycles. The molecule has 0 spiro atoms. The number of hydrogen-bond acceptors (Lipinski definition) is 9. The van der Waals surface area contributed by atoms with Crippen LogP contribution >= 0.6 is 0 Å². The van der Waals surface area contributed by atoms with Crippen molar-refractivity contribution in [3.05, 3.63) is 36.2 Å². The summed E-state index contributed by atoms with van der Waals surface area (Å²) in [4.78, 5) is 28.3. The van der Waals surface area contributed by atoms with Gasteiger partial charge in [0.25, 0.3) is 5.88 Å². The molecule has 2 N–H and O–H groups in total. The van der Waals surface area contributed by atoms with E-state index < -0.39 is 0 Å². The van der Waals surface area contributed by atoms with Crippen LogP contribution in [0.4, 0.5) is 10.7 Å². The van der Waals surface area contributed by atoms with E-state index in [4.69, 9.17) is 24.2 Å². The molecule has 3 aliphatic rings. The lowest BCUT2D eigenvalue weighted by Crippen LogP contribution is -2.37. The molecule has 0 bridgehead atoms. The molecular formula is C27H32N6O4. The lowest BCUT2D eigenvalue weighted by molar-refractivity contribution is 0.0993. The first-order valence-corrected chi connectivity index (χ1v) is 13.0. The molecule has 194 valence electrons. The van der Waals surface area contributed by atoms with E-state index in [9.17, 15) is 4.79 Å². The number of carbonyl (C=O) groups is 1. The van der Waals surface area contributed by atoms with Crippen LogP contribution in [-0.2, 0) is 4.74 Å². The Morgan fingerprint density at radius 1 is 1.11 bits per heavy atom. The highest BCUT2D eigenvalue weighted by atomic mass is 16.6. The zero-order valence-corrected chi connectivity index (χ0v) is 21.2. The third-order valence-electron chi connectivity index (χ3n) is 7.35. The van der Waals surface area contributed by atoms with Crippen LogP contribution in [0.15, 0.2) is 30.5 Å². The molecule has 1 aliphatic carbocycles. The summed E-state index contributed by atoms with van der Waals surface area (Å²) in [5.41, 5.74) is 3.71. The summed E-state index contributed by atoms with van der Waals surface area (Å²) in [5.74, 6) is 1.81. The Kier molecular flexibility index (Phi) is 6.42. The highest BCUT2D eigenvalue weighted by molar-refractivity contribution is 5.88. The molecule has 10 heteroatoms. The van der Waals surface area contributed by atoms with Gasteiger partial charge in [-0.25, -0.2) is 19.7 Å². The lowest BCUT2D eigenvalue weighted by atomic mass is 10.0. The van der Waals surface area contributed by atoms with Crippen molar-refractivity contribution in [2.45, 2.75) is 50.8 Å². The van der Waals surface area contributed by atoms with Gasteiger partial charge in [-0.3, -0.25) is 0 Å². The number of likely N-dealkylation sites (N-methyl/N-ethyl adjacent to an activating group) is 1. The molecule has 1 amide bonds. The van der Waals surface area contributed by atoms with Crippen LogP contribution < -0.4 is 20.1 Å². The number of nitrogens with zero attached hydrogens (tertiary/aromatic N) is 4. The zero-order chi connectivity index (χ0) is 25.4. The molecule has 0 unspecified atom stereocenters. The number of pyridine rings is 1. The van der Waals surface area contributed by atoms with Gasteiger partial charge in [-0.2, -0.15) is 0 Å². The molecule has 3 aromatic rings. The number of aromatic nitrogens is 3. The number of amides is 1. The quantitative estimate of drug-likeness (QED) is 0.539. The minimum Gasteiger partial charge on any atom is -0.484 e. The van der Waals surface area contributed by atoms with E-state index in [0.717, 1.165) is 66.5 Å². The number of hydrogen-bond donors (Lipinski definition) is 2. The first-order valence-electron chi connectivity index (χ1n) is 13.0. The Hall–Kier alpha value is -3.66. The van der Waals surface area contributed by atoms with Crippen LogP contribution in [0.5, 0.6) is 11.6 Å². The zero-order valence-electron chi connectivity index (χ0n) is 21.2. The third kappa shape index (κ3) is 5.11. The van der Waals surface area contributed by atoms with Crippen LogP contribution in [0.2, 0.25) is 0 Å². The number of fused-ring (bicyclic) bond motifs is 2. The highest BCUT2D eigenvalue weighted by Crippen LogP contribution is 2.39. The summed E-state index contributed by atoms with van der Waals surface area (Å²) in [6.45, 7) is 4.78. The van der Waals surface area contributed by atoms with Crippen molar-refractivity contribution >= 4 is 22.9 Å². The number of anilines is 1. The van der Waals surface area contributed by atoms with Gasteiger partial charge in [0.1, 0.15) is 19.3 Å². The number of rotatable bonds is 5. The first kappa shape index (κ1) is 23.7. The molecule has 1 saturated carbocycles. The van der Waals surface area contributed by atoms with Gasteiger partial charge in [0.05, 0.1) is 11.2 Å². The molecule has 2 fully saturated rings. The fraction of sp³-hybridized carbons (Fsp3) is 0.481. The van der Waals surface area contributed by atoms with Crippen LogP contribution in [0.25, 0.3) is 22.0 Å². The number of ether oxygens (including phenoxy) is 3. The second-order valence-corrected chi connectivity index (χ2v) is 10.1.